The van der Waals surface area contributed by atoms with E-state index in [9.17, 15) is 14.7 Å². The van der Waals surface area contributed by atoms with Crippen molar-refractivity contribution in [2.75, 3.05) is 39.6 Å². The number of carboxylic acid groups (broad SMARTS) is 1. The molecule has 0 aromatic heterocycles. The Morgan fingerprint density at radius 3 is 2.17 bits per heavy atom. The molecule has 0 spiro atoms. The summed E-state index contributed by atoms with van der Waals surface area (Å²) in [5.41, 5.74) is 2.06. The highest BCUT2D eigenvalue weighted by Crippen LogP contribution is 2.16. The minimum Gasteiger partial charge on any atom is -0.550 e. The van der Waals surface area contributed by atoms with Crippen LogP contribution in [0.2, 0.25) is 0 Å². The molecule has 1 unspecified atom stereocenters. The number of unbranched alkanes of at least 4 members (excludes halogenated alkanes) is 5. The number of carbonyl (C=O) groups excluding carboxylic acids is 2. The number of rotatable bonds is 13. The standard InChI is InChI=1S/C23H39N3O3/c1-6-7-8-9-10-11-12-19-13-15-21(16-14-19)25(2)23(29)24-20(17-22(27)28)18-26(3,4)5/h13-16,20H,6-12,17-18H2,1-5H3,(H-,24,27,28,29). The molecule has 1 N–H and O–H groups in total. The van der Waals surface area contributed by atoms with Gasteiger partial charge in [0.25, 0.3) is 0 Å². The van der Waals surface area contributed by atoms with Gasteiger partial charge in [0.1, 0.15) is 0 Å². The van der Waals surface area contributed by atoms with E-state index in [1.165, 1.54) is 49.0 Å². The van der Waals surface area contributed by atoms with Crippen LogP contribution in [0.15, 0.2) is 24.3 Å². The van der Waals surface area contributed by atoms with E-state index in [0.29, 0.717) is 11.0 Å². The first-order valence-electron chi connectivity index (χ1n) is 10.8. The van der Waals surface area contributed by atoms with Gasteiger partial charge in [0, 0.05) is 25.1 Å². The molecule has 0 bridgehead atoms. The fraction of sp³-hybridized carbons (Fsp3) is 0.652. The number of nitrogens with one attached hydrogen (secondary N) is 1. The van der Waals surface area contributed by atoms with Gasteiger partial charge in [-0.25, -0.2) is 4.79 Å². The van der Waals surface area contributed by atoms with Crippen molar-refractivity contribution >= 4 is 17.7 Å². The summed E-state index contributed by atoms with van der Waals surface area (Å²) >= 11 is 0. The maximum Gasteiger partial charge on any atom is 0.322 e. The van der Waals surface area contributed by atoms with Crippen LogP contribution in [-0.4, -0.2) is 57.3 Å². The van der Waals surface area contributed by atoms with Crippen molar-refractivity contribution in [3.63, 3.8) is 0 Å². The van der Waals surface area contributed by atoms with Gasteiger partial charge >= 0.3 is 6.03 Å². The molecule has 1 atom stereocenters. The van der Waals surface area contributed by atoms with Crippen LogP contribution in [0.3, 0.4) is 0 Å². The monoisotopic (exact) mass is 405 g/mol. The Balaban J connectivity index is 2.57. The summed E-state index contributed by atoms with van der Waals surface area (Å²) in [6.45, 7) is 2.73. The maximum atomic E-state index is 12.6. The fourth-order valence-corrected chi connectivity index (χ4v) is 3.41. The van der Waals surface area contributed by atoms with Crippen molar-refractivity contribution in [1.29, 1.82) is 0 Å². The van der Waals surface area contributed by atoms with Gasteiger partial charge in [0.2, 0.25) is 0 Å². The Bertz CT molecular complexity index is 623. The summed E-state index contributed by atoms with van der Waals surface area (Å²) in [7, 11) is 7.57. The van der Waals surface area contributed by atoms with Crippen molar-refractivity contribution in [2.45, 2.75) is 64.3 Å². The van der Waals surface area contributed by atoms with Gasteiger partial charge in [-0.3, -0.25) is 4.90 Å². The molecule has 164 valence electrons. The molecule has 0 saturated carbocycles. The quantitative estimate of drug-likeness (QED) is 0.405. The van der Waals surface area contributed by atoms with Crippen molar-refractivity contribution in [3.05, 3.63) is 29.8 Å². The van der Waals surface area contributed by atoms with Gasteiger partial charge in [0.15, 0.2) is 0 Å². The van der Waals surface area contributed by atoms with Crippen molar-refractivity contribution in [2.24, 2.45) is 0 Å². The average molecular weight is 406 g/mol. The lowest BCUT2D eigenvalue weighted by Crippen LogP contribution is -2.53. The molecule has 1 rings (SSSR count). The molecule has 0 radical (unpaired) electrons. The largest absolute Gasteiger partial charge is 0.550 e. The zero-order valence-electron chi connectivity index (χ0n) is 18.9. The molecule has 29 heavy (non-hydrogen) atoms. The topological polar surface area (TPSA) is 72.5 Å². The lowest BCUT2D eigenvalue weighted by molar-refractivity contribution is -0.871. The number of aryl methyl sites for hydroxylation is 1. The highest BCUT2D eigenvalue weighted by Gasteiger charge is 2.22. The average Bonchev–Trinajstić information content (AvgIpc) is 2.62. The van der Waals surface area contributed by atoms with Crippen LogP contribution in [0.1, 0.15) is 57.4 Å². The van der Waals surface area contributed by atoms with Crippen LogP contribution in [0.4, 0.5) is 10.5 Å². The third-order valence-electron chi connectivity index (χ3n) is 4.96. The van der Waals surface area contributed by atoms with Gasteiger partial charge in [-0.1, -0.05) is 51.2 Å². The molecule has 0 aliphatic rings. The first-order valence-corrected chi connectivity index (χ1v) is 10.8. The molecule has 0 heterocycles. The number of nitrogens with zero attached hydrogens (tertiary/aromatic N) is 2. The number of hydrogen-bond donors (Lipinski definition) is 1. The number of aliphatic carboxylic acids is 1. The second-order valence-corrected chi connectivity index (χ2v) is 8.94. The number of benzene rings is 1. The molecule has 6 heteroatoms. The minimum atomic E-state index is -1.16. The number of urea groups is 1. The summed E-state index contributed by atoms with van der Waals surface area (Å²) in [5, 5.41) is 13.9. The van der Waals surface area contributed by atoms with Crippen LogP contribution in [0.25, 0.3) is 0 Å². The number of amides is 2. The molecule has 2 amide bonds. The summed E-state index contributed by atoms with van der Waals surface area (Å²) in [5.74, 6) is -1.16. The molecular formula is C23H39N3O3. The summed E-state index contributed by atoms with van der Waals surface area (Å²) in [4.78, 5) is 25.1. The Hall–Kier alpha value is -2.08. The van der Waals surface area contributed by atoms with Crippen molar-refractivity contribution in [1.82, 2.24) is 5.32 Å². The summed E-state index contributed by atoms with van der Waals surface area (Å²) in [6, 6.07) is 7.22. The third kappa shape index (κ3) is 10.9. The van der Waals surface area contributed by atoms with Crippen LogP contribution in [0.5, 0.6) is 0 Å². The zero-order valence-corrected chi connectivity index (χ0v) is 18.9. The van der Waals surface area contributed by atoms with Crippen LogP contribution >= 0.6 is 0 Å². The predicted octanol–water partition coefficient (Wildman–Crippen LogP) is 2.95. The maximum absolute atomic E-state index is 12.6. The normalized spacial score (nSPS) is 12.4. The number of quaternary nitrogens is 1. The molecule has 1 aromatic carbocycles. The van der Waals surface area contributed by atoms with E-state index < -0.39 is 12.0 Å². The van der Waals surface area contributed by atoms with E-state index in [0.717, 1.165) is 12.1 Å². The molecule has 0 aliphatic heterocycles. The highest BCUT2D eigenvalue weighted by atomic mass is 16.4. The van der Waals surface area contributed by atoms with E-state index in [1.54, 1.807) is 7.05 Å². The van der Waals surface area contributed by atoms with Gasteiger partial charge < -0.3 is 19.7 Å². The SMILES string of the molecule is CCCCCCCCc1ccc(N(C)C(=O)NC(CC(=O)[O-])C[N+](C)(C)C)cc1. The fourth-order valence-electron chi connectivity index (χ4n) is 3.41. The number of anilines is 1. The van der Waals surface area contributed by atoms with Gasteiger partial charge in [-0.15, -0.1) is 0 Å². The predicted molar refractivity (Wildman–Crippen MR) is 117 cm³/mol. The summed E-state index contributed by atoms with van der Waals surface area (Å²) in [6.07, 6.45) is 8.52. The number of hydrogen-bond acceptors (Lipinski definition) is 3. The zero-order chi connectivity index (χ0) is 21.9. The van der Waals surface area contributed by atoms with Gasteiger partial charge in [-0.2, -0.15) is 0 Å². The van der Waals surface area contributed by atoms with E-state index in [2.05, 4.69) is 24.4 Å². The molecule has 0 aliphatic carbocycles. The Morgan fingerprint density at radius 1 is 1.03 bits per heavy atom. The number of carbonyl (C=O) groups is 2. The van der Waals surface area contributed by atoms with Crippen LogP contribution in [0, 0.1) is 0 Å². The van der Waals surface area contributed by atoms with Gasteiger partial charge in [0.05, 0.1) is 33.7 Å². The molecule has 6 nitrogen and oxygen atoms in total. The van der Waals surface area contributed by atoms with Crippen molar-refractivity contribution < 1.29 is 19.2 Å². The Morgan fingerprint density at radius 2 is 1.62 bits per heavy atom. The van der Waals surface area contributed by atoms with Crippen molar-refractivity contribution in [3.8, 4) is 0 Å². The third-order valence-corrected chi connectivity index (χ3v) is 4.96. The van der Waals surface area contributed by atoms with E-state index in [1.807, 2.05) is 33.3 Å². The molecular weight excluding hydrogens is 366 g/mol. The molecule has 0 fully saturated rings. The lowest BCUT2D eigenvalue weighted by Gasteiger charge is -2.31. The number of carboxylic acids is 1. The van der Waals surface area contributed by atoms with Crippen LogP contribution < -0.4 is 15.3 Å². The first kappa shape index (κ1) is 25.0. The second-order valence-electron chi connectivity index (χ2n) is 8.94. The van der Waals surface area contributed by atoms with E-state index in [4.69, 9.17) is 0 Å². The Labute approximate surface area is 176 Å². The van der Waals surface area contributed by atoms with Gasteiger partial charge in [-0.05, 0) is 30.5 Å². The van der Waals surface area contributed by atoms with E-state index in [-0.39, 0.29) is 12.5 Å². The molecule has 1 aromatic rings. The summed E-state index contributed by atoms with van der Waals surface area (Å²) < 4.78 is 0.551. The van der Waals surface area contributed by atoms with E-state index >= 15 is 0 Å². The number of likely N-dealkylation sites (N-methyl/N-ethyl adjacent to an activating group) is 1. The highest BCUT2D eigenvalue weighted by molar-refractivity contribution is 5.91. The minimum absolute atomic E-state index is 0.202. The van der Waals surface area contributed by atoms with Crippen LogP contribution in [-0.2, 0) is 11.2 Å². The Kier molecular flexibility index (Phi) is 10.7. The first-order chi connectivity index (χ1) is 13.6. The smallest absolute Gasteiger partial charge is 0.322 e. The molecule has 0 saturated heterocycles. The lowest BCUT2D eigenvalue weighted by atomic mass is 10.0. The second kappa shape index (κ2) is 12.5.